The van der Waals surface area contributed by atoms with Crippen LogP contribution in [0.15, 0.2) is 18.2 Å². The summed E-state index contributed by atoms with van der Waals surface area (Å²) in [6.07, 6.45) is -4.54. The van der Waals surface area contributed by atoms with E-state index in [2.05, 4.69) is 15.5 Å². The van der Waals surface area contributed by atoms with E-state index in [9.17, 15) is 17.6 Å². The van der Waals surface area contributed by atoms with Crippen molar-refractivity contribution in [2.45, 2.75) is 12.7 Å². The zero-order valence-electron chi connectivity index (χ0n) is 9.70. The first-order valence-electron chi connectivity index (χ1n) is 5.23. The quantitative estimate of drug-likeness (QED) is 0.885. The maximum Gasteiger partial charge on any atom is 0.445 e. The van der Waals surface area contributed by atoms with Crippen molar-refractivity contribution in [3.63, 3.8) is 0 Å². The van der Waals surface area contributed by atoms with Gasteiger partial charge in [-0.2, -0.15) is 18.4 Å². The van der Waals surface area contributed by atoms with Gasteiger partial charge in [-0.25, -0.2) is 4.39 Å². The molecule has 104 valence electrons. The van der Waals surface area contributed by atoms with Crippen LogP contribution in [0.5, 0.6) is 0 Å². The molecule has 1 N–H and O–H groups in total. The van der Waals surface area contributed by atoms with Gasteiger partial charge in [0.1, 0.15) is 5.82 Å². The first-order valence-corrected chi connectivity index (χ1v) is 6.05. The Bertz CT molecular complexity index is 659. The summed E-state index contributed by atoms with van der Waals surface area (Å²) in [5, 5.41) is 16.3. The van der Waals surface area contributed by atoms with Gasteiger partial charge in [0.25, 0.3) is 0 Å². The van der Waals surface area contributed by atoms with Gasteiger partial charge in [0.05, 0.1) is 11.6 Å². The number of nitrogens with zero attached hydrogens (tertiary/aromatic N) is 3. The lowest BCUT2D eigenvalue weighted by atomic mass is 10.1. The summed E-state index contributed by atoms with van der Waals surface area (Å²) >= 11 is 0.339. The van der Waals surface area contributed by atoms with Gasteiger partial charge in [-0.1, -0.05) is 17.4 Å². The first-order chi connectivity index (χ1) is 9.40. The van der Waals surface area contributed by atoms with Crippen LogP contribution < -0.4 is 5.32 Å². The lowest BCUT2D eigenvalue weighted by Crippen LogP contribution is -2.03. The van der Waals surface area contributed by atoms with Gasteiger partial charge >= 0.3 is 6.18 Å². The normalized spacial score (nSPS) is 11.2. The predicted molar refractivity (Wildman–Crippen MR) is 63.4 cm³/mol. The molecular weight excluding hydrogens is 296 g/mol. The van der Waals surface area contributed by atoms with E-state index in [0.29, 0.717) is 11.3 Å². The van der Waals surface area contributed by atoms with Crippen LogP contribution in [0.3, 0.4) is 0 Å². The van der Waals surface area contributed by atoms with Crippen molar-refractivity contribution in [3.8, 4) is 6.07 Å². The number of benzene rings is 1. The van der Waals surface area contributed by atoms with Gasteiger partial charge in [0.15, 0.2) is 0 Å². The molecule has 0 amide bonds. The van der Waals surface area contributed by atoms with E-state index in [1.54, 1.807) is 6.07 Å². The lowest BCUT2D eigenvalue weighted by Gasteiger charge is -2.04. The number of hydrogen-bond donors (Lipinski definition) is 1. The minimum absolute atomic E-state index is 0.0516. The van der Waals surface area contributed by atoms with Crippen LogP contribution in [-0.2, 0) is 12.7 Å². The van der Waals surface area contributed by atoms with Crippen LogP contribution in [0, 0.1) is 17.1 Å². The summed E-state index contributed by atoms with van der Waals surface area (Å²) in [5.74, 6) is -0.614. The van der Waals surface area contributed by atoms with Crippen molar-refractivity contribution in [2.75, 3.05) is 5.32 Å². The van der Waals surface area contributed by atoms with Crippen LogP contribution >= 0.6 is 11.3 Å². The fraction of sp³-hybridized carbons (Fsp3) is 0.182. The Kier molecular flexibility index (Phi) is 3.85. The summed E-state index contributed by atoms with van der Waals surface area (Å²) in [6, 6.07) is 5.64. The van der Waals surface area contributed by atoms with E-state index in [0.717, 1.165) is 6.07 Å². The Labute approximate surface area is 114 Å². The van der Waals surface area contributed by atoms with E-state index in [1.165, 1.54) is 12.1 Å². The Morgan fingerprint density at radius 1 is 1.30 bits per heavy atom. The van der Waals surface area contributed by atoms with E-state index in [-0.39, 0.29) is 22.8 Å². The molecule has 20 heavy (non-hydrogen) atoms. The van der Waals surface area contributed by atoms with Gasteiger partial charge in [-0.15, -0.1) is 10.2 Å². The Morgan fingerprint density at radius 3 is 2.60 bits per heavy atom. The largest absolute Gasteiger partial charge is 0.445 e. The molecule has 0 saturated heterocycles. The van der Waals surface area contributed by atoms with Crippen LogP contribution in [0.2, 0.25) is 0 Å². The number of hydrogen-bond acceptors (Lipinski definition) is 5. The Balaban J connectivity index is 2.06. The molecule has 9 heteroatoms. The Morgan fingerprint density at radius 2 is 2.05 bits per heavy atom. The summed E-state index contributed by atoms with van der Waals surface area (Å²) in [7, 11) is 0. The molecule has 0 bridgehead atoms. The van der Waals surface area contributed by atoms with E-state index < -0.39 is 17.0 Å². The number of aromatic nitrogens is 2. The molecule has 1 heterocycles. The third kappa shape index (κ3) is 3.21. The molecule has 0 spiro atoms. The molecule has 2 rings (SSSR count). The van der Waals surface area contributed by atoms with Crippen molar-refractivity contribution in [1.29, 1.82) is 5.26 Å². The molecule has 0 aliphatic heterocycles. The fourth-order valence-electron chi connectivity index (χ4n) is 1.34. The summed E-state index contributed by atoms with van der Waals surface area (Å²) < 4.78 is 50.4. The number of rotatable bonds is 3. The number of nitrogens with one attached hydrogen (secondary N) is 1. The topological polar surface area (TPSA) is 61.6 Å². The molecule has 1 aromatic carbocycles. The minimum atomic E-state index is -4.54. The molecule has 2 aromatic rings. The van der Waals surface area contributed by atoms with Gasteiger partial charge in [-0.3, -0.25) is 0 Å². The van der Waals surface area contributed by atoms with Crippen LogP contribution in [0.25, 0.3) is 0 Å². The SMILES string of the molecule is N#Cc1ccc(CNc2nnc(C(F)(F)F)s2)c(F)c1. The van der Waals surface area contributed by atoms with Crippen molar-refractivity contribution in [1.82, 2.24) is 10.2 Å². The minimum Gasteiger partial charge on any atom is -0.356 e. The number of anilines is 1. The molecular formula is C11H6F4N4S. The second kappa shape index (κ2) is 5.42. The van der Waals surface area contributed by atoms with Crippen molar-refractivity contribution < 1.29 is 17.6 Å². The molecule has 0 aliphatic rings. The van der Waals surface area contributed by atoms with Crippen molar-refractivity contribution in [2.24, 2.45) is 0 Å². The predicted octanol–water partition coefficient (Wildman–Crippen LogP) is 3.18. The average Bonchev–Trinajstić information content (AvgIpc) is 2.86. The molecule has 0 aliphatic carbocycles. The highest BCUT2D eigenvalue weighted by Crippen LogP contribution is 2.33. The number of nitriles is 1. The monoisotopic (exact) mass is 302 g/mol. The standard InChI is InChI=1S/C11H6F4N4S/c12-8-3-6(4-16)1-2-7(8)5-17-10-19-18-9(20-10)11(13,14)15/h1-3H,5H2,(H,17,19). The van der Waals surface area contributed by atoms with E-state index in [4.69, 9.17) is 5.26 Å². The summed E-state index contributed by atoms with van der Waals surface area (Å²) in [4.78, 5) is 0. The van der Waals surface area contributed by atoms with Gasteiger partial charge < -0.3 is 5.32 Å². The lowest BCUT2D eigenvalue weighted by molar-refractivity contribution is -0.138. The maximum absolute atomic E-state index is 13.5. The molecule has 4 nitrogen and oxygen atoms in total. The van der Waals surface area contributed by atoms with Crippen LogP contribution in [0.1, 0.15) is 16.1 Å². The maximum atomic E-state index is 13.5. The van der Waals surface area contributed by atoms with Crippen molar-refractivity contribution >= 4 is 16.5 Å². The third-order valence-corrected chi connectivity index (χ3v) is 3.21. The molecule has 1 aromatic heterocycles. The highest BCUT2D eigenvalue weighted by Gasteiger charge is 2.35. The van der Waals surface area contributed by atoms with Crippen LogP contribution in [-0.4, -0.2) is 10.2 Å². The Hall–Kier alpha value is -2.21. The molecule has 0 saturated carbocycles. The highest BCUT2D eigenvalue weighted by molar-refractivity contribution is 7.15. The van der Waals surface area contributed by atoms with Gasteiger partial charge in [0, 0.05) is 12.1 Å². The van der Waals surface area contributed by atoms with Gasteiger partial charge in [0.2, 0.25) is 10.1 Å². The molecule has 0 fully saturated rings. The summed E-state index contributed by atoms with van der Waals surface area (Å²) in [5.41, 5.74) is 0.384. The van der Waals surface area contributed by atoms with E-state index in [1.807, 2.05) is 0 Å². The average molecular weight is 302 g/mol. The zero-order valence-corrected chi connectivity index (χ0v) is 10.5. The fourth-order valence-corrected chi connectivity index (χ4v) is 1.95. The molecule has 0 atom stereocenters. The second-order valence-electron chi connectivity index (χ2n) is 3.68. The summed E-state index contributed by atoms with van der Waals surface area (Å²) in [6.45, 7) is -0.0516. The second-order valence-corrected chi connectivity index (χ2v) is 4.66. The molecule has 0 unspecified atom stereocenters. The number of alkyl halides is 3. The smallest absolute Gasteiger partial charge is 0.356 e. The first kappa shape index (κ1) is 14.2. The zero-order chi connectivity index (χ0) is 14.8. The molecule has 0 radical (unpaired) electrons. The van der Waals surface area contributed by atoms with Gasteiger partial charge in [-0.05, 0) is 12.1 Å². The third-order valence-electron chi connectivity index (χ3n) is 2.28. The van der Waals surface area contributed by atoms with Crippen molar-refractivity contribution in [3.05, 3.63) is 40.2 Å². The highest BCUT2D eigenvalue weighted by atomic mass is 32.1. The van der Waals surface area contributed by atoms with E-state index >= 15 is 0 Å². The van der Waals surface area contributed by atoms with Crippen LogP contribution in [0.4, 0.5) is 22.7 Å². The number of halogens is 4.